The number of thiazole rings is 1. The van der Waals surface area contributed by atoms with Crippen LogP contribution in [-0.2, 0) is 12.8 Å². The number of aryl methyl sites for hydroxylation is 2. The van der Waals surface area contributed by atoms with E-state index >= 15 is 0 Å². The molecule has 0 fully saturated rings. The van der Waals surface area contributed by atoms with Gasteiger partial charge in [-0.05, 0) is 43.2 Å². The summed E-state index contributed by atoms with van der Waals surface area (Å²) in [5.74, 6) is 0.143. The number of hydrogen-bond acceptors (Lipinski definition) is 6. The number of benzene rings is 1. The third kappa shape index (κ3) is 2.83. The fourth-order valence-corrected chi connectivity index (χ4v) is 3.93. The first kappa shape index (κ1) is 15.6. The highest BCUT2D eigenvalue weighted by Gasteiger charge is 2.22. The zero-order valence-electron chi connectivity index (χ0n) is 13.6. The number of carbonyl (C=O) groups excluding carboxylic acids is 1. The number of hydrogen-bond donors (Lipinski definition) is 2. The zero-order chi connectivity index (χ0) is 17.4. The molecule has 6 nitrogen and oxygen atoms in total. The van der Waals surface area contributed by atoms with Gasteiger partial charge in [0.25, 0.3) is 0 Å². The Balaban J connectivity index is 1.71. The number of pyridine rings is 1. The molecule has 0 bridgehead atoms. The second-order valence-electron chi connectivity index (χ2n) is 5.69. The van der Waals surface area contributed by atoms with Crippen LogP contribution in [0, 0.1) is 0 Å². The van der Waals surface area contributed by atoms with Crippen LogP contribution < -0.4 is 15.8 Å². The smallest absolute Gasteiger partial charge is 0.248 e. The van der Waals surface area contributed by atoms with Crippen molar-refractivity contribution < 1.29 is 9.53 Å². The second kappa shape index (κ2) is 6.18. The minimum atomic E-state index is -0.482. The van der Waals surface area contributed by atoms with E-state index in [-0.39, 0.29) is 0 Å². The summed E-state index contributed by atoms with van der Waals surface area (Å²) in [6.45, 7) is 0. The number of amides is 1. The van der Waals surface area contributed by atoms with Crippen LogP contribution >= 0.6 is 11.3 Å². The van der Waals surface area contributed by atoms with Crippen LogP contribution in [0.5, 0.6) is 5.75 Å². The van der Waals surface area contributed by atoms with E-state index in [9.17, 15) is 4.79 Å². The molecule has 0 aliphatic heterocycles. The van der Waals surface area contributed by atoms with Gasteiger partial charge in [-0.15, -0.1) is 11.3 Å². The highest BCUT2D eigenvalue weighted by molar-refractivity contribution is 7.16. The van der Waals surface area contributed by atoms with Crippen molar-refractivity contribution in [2.75, 3.05) is 12.4 Å². The minimum Gasteiger partial charge on any atom is -0.495 e. The summed E-state index contributed by atoms with van der Waals surface area (Å²) in [7, 11) is 1.58. The summed E-state index contributed by atoms with van der Waals surface area (Å²) in [5.41, 5.74) is 9.60. The first-order valence-electron chi connectivity index (χ1n) is 7.84. The highest BCUT2D eigenvalue weighted by atomic mass is 32.1. The van der Waals surface area contributed by atoms with Crippen molar-refractivity contribution in [2.45, 2.75) is 12.8 Å². The predicted octanol–water partition coefficient (Wildman–Crippen LogP) is 3.15. The van der Waals surface area contributed by atoms with Gasteiger partial charge in [0.05, 0.1) is 24.2 Å². The van der Waals surface area contributed by atoms with E-state index in [0.29, 0.717) is 17.0 Å². The number of nitrogens with zero attached hydrogens (tertiary/aromatic N) is 2. The fourth-order valence-electron chi connectivity index (χ4n) is 2.94. The molecule has 25 heavy (non-hydrogen) atoms. The van der Waals surface area contributed by atoms with Crippen molar-refractivity contribution in [3.63, 3.8) is 0 Å². The van der Waals surface area contributed by atoms with Gasteiger partial charge >= 0.3 is 0 Å². The number of nitrogens with two attached hydrogens (primary N) is 1. The van der Waals surface area contributed by atoms with E-state index in [2.05, 4.69) is 16.4 Å². The molecule has 126 valence electrons. The molecule has 3 N–H and O–H groups in total. The monoisotopic (exact) mass is 352 g/mol. The van der Waals surface area contributed by atoms with Gasteiger partial charge in [-0.2, -0.15) is 0 Å². The summed E-state index contributed by atoms with van der Waals surface area (Å²) >= 11 is 1.61. The number of nitrogens with one attached hydrogen (secondary N) is 1. The Hall–Kier alpha value is -2.93. The van der Waals surface area contributed by atoms with Gasteiger partial charge < -0.3 is 15.8 Å². The normalized spacial score (nSPS) is 12.2. The summed E-state index contributed by atoms with van der Waals surface area (Å²) in [5, 5.41) is 4.01. The number of carbonyl (C=O) groups is 1. The van der Waals surface area contributed by atoms with Gasteiger partial charge in [-0.25, -0.2) is 4.98 Å². The van der Waals surface area contributed by atoms with E-state index in [1.165, 1.54) is 4.88 Å². The Kier molecular flexibility index (Phi) is 3.85. The molecule has 2 aromatic heterocycles. The van der Waals surface area contributed by atoms with E-state index < -0.39 is 5.91 Å². The molecule has 3 aromatic rings. The predicted molar refractivity (Wildman–Crippen MR) is 97.5 cm³/mol. The fraction of sp³-hybridized carbons (Fsp3) is 0.167. The van der Waals surface area contributed by atoms with E-state index in [1.807, 2.05) is 12.3 Å². The lowest BCUT2D eigenvalue weighted by atomic mass is 9.98. The molecule has 1 amide bonds. The molecule has 0 saturated heterocycles. The van der Waals surface area contributed by atoms with E-state index in [4.69, 9.17) is 15.5 Å². The maximum Gasteiger partial charge on any atom is 0.248 e. The van der Waals surface area contributed by atoms with Crippen LogP contribution in [0.3, 0.4) is 0 Å². The van der Waals surface area contributed by atoms with Gasteiger partial charge in [0.15, 0.2) is 5.13 Å². The van der Waals surface area contributed by atoms with Gasteiger partial charge in [0.2, 0.25) is 5.91 Å². The van der Waals surface area contributed by atoms with Crippen molar-refractivity contribution in [2.24, 2.45) is 5.73 Å². The molecule has 0 unspecified atom stereocenters. The molecule has 0 atom stereocenters. The third-order valence-electron chi connectivity index (χ3n) is 4.16. The van der Waals surface area contributed by atoms with Gasteiger partial charge in [0.1, 0.15) is 5.75 Å². The topological polar surface area (TPSA) is 90.1 Å². The summed E-state index contributed by atoms with van der Waals surface area (Å²) in [6.07, 6.45) is 3.66. The Morgan fingerprint density at radius 2 is 2.20 bits per heavy atom. The molecule has 0 saturated carbocycles. The SMILES string of the molecule is COc1ccc(C(N)=O)cc1Nc1nc2c(s1)CCc1ncccc1-2. The second-order valence-corrected chi connectivity index (χ2v) is 6.78. The average molecular weight is 352 g/mol. The van der Waals surface area contributed by atoms with Crippen molar-refractivity contribution >= 4 is 28.1 Å². The van der Waals surface area contributed by atoms with Crippen LogP contribution in [0.25, 0.3) is 11.3 Å². The van der Waals surface area contributed by atoms with Crippen LogP contribution in [0.2, 0.25) is 0 Å². The molecule has 7 heteroatoms. The lowest BCUT2D eigenvalue weighted by Crippen LogP contribution is -2.11. The third-order valence-corrected chi connectivity index (χ3v) is 5.19. The Labute approximate surface area is 148 Å². The lowest BCUT2D eigenvalue weighted by molar-refractivity contribution is 0.100. The maximum atomic E-state index is 11.4. The molecule has 0 spiro atoms. The first-order chi connectivity index (χ1) is 12.2. The highest BCUT2D eigenvalue weighted by Crippen LogP contribution is 2.39. The molecule has 1 aliphatic rings. The number of primary amides is 1. The zero-order valence-corrected chi connectivity index (χ0v) is 14.4. The minimum absolute atomic E-state index is 0.416. The molecule has 2 heterocycles. The largest absolute Gasteiger partial charge is 0.495 e. The quantitative estimate of drug-likeness (QED) is 0.753. The van der Waals surface area contributed by atoms with Gasteiger partial charge in [0, 0.05) is 22.2 Å². The summed E-state index contributed by atoms with van der Waals surface area (Å²) in [4.78, 5) is 21.8. The van der Waals surface area contributed by atoms with Crippen molar-refractivity contribution in [3.8, 4) is 17.0 Å². The standard InChI is InChI=1S/C18H16N4O2S/c1-24-14-6-4-10(17(19)23)9-13(14)21-18-22-16-11-3-2-8-20-12(11)5-7-15(16)25-18/h2-4,6,8-9H,5,7H2,1H3,(H2,19,23)(H,21,22). The number of anilines is 2. The summed E-state index contributed by atoms with van der Waals surface area (Å²) in [6, 6.07) is 9.02. The summed E-state index contributed by atoms with van der Waals surface area (Å²) < 4.78 is 5.36. The molecule has 4 rings (SSSR count). The maximum absolute atomic E-state index is 11.4. The molecule has 0 radical (unpaired) electrons. The van der Waals surface area contributed by atoms with Gasteiger partial charge in [-0.1, -0.05) is 0 Å². The Morgan fingerprint density at radius 1 is 1.32 bits per heavy atom. The first-order valence-corrected chi connectivity index (χ1v) is 8.66. The van der Waals surface area contributed by atoms with Crippen LogP contribution in [0.4, 0.5) is 10.8 Å². The van der Waals surface area contributed by atoms with Crippen molar-refractivity contribution in [3.05, 3.63) is 52.7 Å². The average Bonchev–Trinajstić information content (AvgIpc) is 3.04. The Bertz CT molecular complexity index is 967. The van der Waals surface area contributed by atoms with Crippen LogP contribution in [-0.4, -0.2) is 23.0 Å². The molecule has 1 aliphatic carbocycles. The number of methoxy groups -OCH3 is 1. The number of rotatable bonds is 4. The molecular weight excluding hydrogens is 336 g/mol. The van der Waals surface area contributed by atoms with Gasteiger partial charge in [-0.3, -0.25) is 9.78 Å². The number of aromatic nitrogens is 2. The van der Waals surface area contributed by atoms with Crippen molar-refractivity contribution in [1.29, 1.82) is 0 Å². The Morgan fingerprint density at radius 3 is 3.00 bits per heavy atom. The van der Waals surface area contributed by atoms with E-state index in [1.54, 1.807) is 36.6 Å². The van der Waals surface area contributed by atoms with Crippen LogP contribution in [0.1, 0.15) is 20.9 Å². The number of fused-ring (bicyclic) bond motifs is 3. The lowest BCUT2D eigenvalue weighted by Gasteiger charge is -2.12. The molecular formula is C18H16N4O2S. The molecule has 1 aromatic carbocycles. The van der Waals surface area contributed by atoms with Crippen LogP contribution in [0.15, 0.2) is 36.5 Å². The van der Waals surface area contributed by atoms with Crippen molar-refractivity contribution in [1.82, 2.24) is 9.97 Å². The number of ether oxygens (including phenoxy) is 1. The van der Waals surface area contributed by atoms with E-state index in [0.717, 1.165) is 34.9 Å².